The maximum atomic E-state index is 12.5. The molecule has 1 aliphatic heterocycles. The van der Waals surface area contributed by atoms with Crippen molar-refractivity contribution in [1.82, 2.24) is 5.32 Å². The van der Waals surface area contributed by atoms with Crippen LogP contribution in [0.3, 0.4) is 0 Å². The van der Waals surface area contributed by atoms with E-state index in [1.165, 1.54) is 28.3 Å². The van der Waals surface area contributed by atoms with Gasteiger partial charge in [0.25, 0.3) is 0 Å². The number of hydrogen-bond donors (Lipinski definition) is 1. The Morgan fingerprint density at radius 3 is 2.59 bits per heavy atom. The Hall–Kier alpha value is -2.74. The van der Waals surface area contributed by atoms with Gasteiger partial charge < -0.3 is 14.8 Å². The van der Waals surface area contributed by atoms with Gasteiger partial charge in [-0.05, 0) is 67.9 Å². The molecule has 0 aromatic heterocycles. The molecule has 0 fully saturated rings. The molecular formula is C24H30N2O5S. The molecule has 0 saturated heterocycles. The Kier molecular flexibility index (Phi) is 6.60. The molecule has 7 nitrogen and oxygen atoms in total. The highest BCUT2D eigenvalue weighted by Gasteiger charge is 2.22. The van der Waals surface area contributed by atoms with E-state index < -0.39 is 10.0 Å². The minimum atomic E-state index is -3.50. The highest BCUT2D eigenvalue weighted by molar-refractivity contribution is 7.92. The van der Waals surface area contributed by atoms with Crippen molar-refractivity contribution in [2.24, 2.45) is 0 Å². The van der Waals surface area contributed by atoms with Crippen molar-refractivity contribution < 1.29 is 22.7 Å². The fraction of sp³-hybridized carbons (Fsp3) is 0.458. The summed E-state index contributed by atoms with van der Waals surface area (Å²) in [5.41, 5.74) is 4.42. The Balaban J connectivity index is 1.33. The van der Waals surface area contributed by atoms with Gasteiger partial charge in [-0.15, -0.1) is 0 Å². The number of sulfonamides is 1. The second-order valence-corrected chi connectivity index (χ2v) is 10.4. The Morgan fingerprint density at radius 1 is 1.06 bits per heavy atom. The third-order valence-corrected chi connectivity index (χ3v) is 7.25. The van der Waals surface area contributed by atoms with E-state index in [0.29, 0.717) is 23.6 Å². The highest BCUT2D eigenvalue weighted by atomic mass is 32.2. The van der Waals surface area contributed by atoms with Crippen molar-refractivity contribution in [3.05, 3.63) is 53.1 Å². The van der Waals surface area contributed by atoms with E-state index in [9.17, 15) is 13.2 Å². The third kappa shape index (κ3) is 5.18. The number of anilines is 1. The number of nitrogens with zero attached hydrogens (tertiary/aromatic N) is 1. The van der Waals surface area contributed by atoms with E-state index in [2.05, 4.69) is 23.5 Å². The van der Waals surface area contributed by atoms with Crippen LogP contribution < -0.4 is 19.1 Å². The van der Waals surface area contributed by atoms with Crippen LogP contribution in [0.5, 0.6) is 11.5 Å². The van der Waals surface area contributed by atoms with Crippen molar-refractivity contribution in [2.75, 3.05) is 23.9 Å². The molecular weight excluding hydrogens is 428 g/mol. The summed E-state index contributed by atoms with van der Waals surface area (Å²) in [7, 11) is -3.50. The molecule has 2 aromatic carbocycles. The Bertz CT molecular complexity index is 1100. The van der Waals surface area contributed by atoms with E-state index >= 15 is 0 Å². The maximum absolute atomic E-state index is 12.5. The molecule has 0 radical (unpaired) electrons. The second kappa shape index (κ2) is 9.40. The number of benzene rings is 2. The summed E-state index contributed by atoms with van der Waals surface area (Å²) in [5.74, 6) is 1.03. The van der Waals surface area contributed by atoms with Crippen LogP contribution in [0.15, 0.2) is 36.4 Å². The highest BCUT2D eigenvalue weighted by Crippen LogP contribution is 2.36. The SMILES string of the molecule is C[C@@H](NC(=O)CCCN(c1ccc2c(c1)OCO2)S(C)(=O)=O)c1ccc2c(c1)CCCC2. The van der Waals surface area contributed by atoms with E-state index in [4.69, 9.17) is 9.47 Å². The molecule has 1 aliphatic carbocycles. The monoisotopic (exact) mass is 458 g/mol. The zero-order chi connectivity index (χ0) is 22.7. The van der Waals surface area contributed by atoms with Crippen LogP contribution in [-0.4, -0.2) is 33.9 Å². The quantitative estimate of drug-likeness (QED) is 0.652. The molecule has 2 aromatic rings. The molecule has 4 rings (SSSR count). The molecule has 172 valence electrons. The zero-order valence-corrected chi connectivity index (χ0v) is 19.4. The number of carbonyl (C=O) groups excluding carboxylic acids is 1. The smallest absolute Gasteiger partial charge is 0.232 e. The molecule has 0 unspecified atom stereocenters. The fourth-order valence-corrected chi connectivity index (χ4v) is 5.29. The van der Waals surface area contributed by atoms with Crippen molar-refractivity contribution in [2.45, 2.75) is 51.5 Å². The predicted molar refractivity (Wildman–Crippen MR) is 124 cm³/mol. The summed E-state index contributed by atoms with van der Waals surface area (Å²) in [6.07, 6.45) is 6.51. The molecule has 8 heteroatoms. The van der Waals surface area contributed by atoms with Gasteiger partial charge >= 0.3 is 0 Å². The van der Waals surface area contributed by atoms with Gasteiger partial charge in [-0.25, -0.2) is 8.42 Å². The summed E-state index contributed by atoms with van der Waals surface area (Å²) in [4.78, 5) is 12.5. The van der Waals surface area contributed by atoms with Gasteiger partial charge in [0, 0.05) is 19.0 Å². The van der Waals surface area contributed by atoms with Crippen LogP contribution in [0, 0.1) is 0 Å². The van der Waals surface area contributed by atoms with Crippen LogP contribution in [0.1, 0.15) is 55.3 Å². The summed E-state index contributed by atoms with van der Waals surface area (Å²) in [5, 5.41) is 3.05. The van der Waals surface area contributed by atoms with Gasteiger partial charge in [0.05, 0.1) is 18.0 Å². The van der Waals surface area contributed by atoms with Crippen molar-refractivity contribution >= 4 is 21.6 Å². The van der Waals surface area contributed by atoms with Crippen molar-refractivity contribution in [3.63, 3.8) is 0 Å². The third-order valence-electron chi connectivity index (χ3n) is 6.06. The fourth-order valence-electron chi connectivity index (χ4n) is 4.33. The van der Waals surface area contributed by atoms with Crippen molar-refractivity contribution in [3.8, 4) is 11.5 Å². The first-order chi connectivity index (χ1) is 15.3. The van der Waals surface area contributed by atoms with Crippen LogP contribution in [-0.2, 0) is 27.7 Å². The van der Waals surface area contributed by atoms with E-state index in [-0.39, 0.29) is 31.7 Å². The molecule has 1 heterocycles. The number of hydrogen-bond acceptors (Lipinski definition) is 5. The molecule has 32 heavy (non-hydrogen) atoms. The van der Waals surface area contributed by atoms with E-state index in [1.807, 2.05) is 6.92 Å². The Labute approximate surface area is 189 Å². The number of fused-ring (bicyclic) bond motifs is 2. The number of ether oxygens (including phenoxy) is 2. The predicted octanol–water partition coefficient (Wildman–Crippen LogP) is 3.72. The molecule has 1 N–H and O–H groups in total. The number of aryl methyl sites for hydroxylation is 2. The van der Waals surface area contributed by atoms with Gasteiger partial charge in [-0.1, -0.05) is 18.2 Å². The van der Waals surface area contributed by atoms with Gasteiger partial charge in [0.2, 0.25) is 22.7 Å². The van der Waals surface area contributed by atoms with Gasteiger partial charge in [0.1, 0.15) is 0 Å². The number of nitrogens with one attached hydrogen (secondary N) is 1. The van der Waals surface area contributed by atoms with Gasteiger partial charge in [0.15, 0.2) is 11.5 Å². The van der Waals surface area contributed by atoms with Crippen LogP contribution in [0.4, 0.5) is 5.69 Å². The summed E-state index contributed by atoms with van der Waals surface area (Å²) in [6.45, 7) is 2.32. The number of rotatable bonds is 8. The van der Waals surface area contributed by atoms with E-state index in [1.54, 1.807) is 18.2 Å². The van der Waals surface area contributed by atoms with Crippen LogP contribution in [0.25, 0.3) is 0 Å². The average Bonchev–Trinajstić information content (AvgIpc) is 3.23. The minimum absolute atomic E-state index is 0.0883. The first kappa shape index (κ1) is 22.5. The zero-order valence-electron chi connectivity index (χ0n) is 18.6. The molecule has 0 spiro atoms. The lowest BCUT2D eigenvalue weighted by molar-refractivity contribution is -0.121. The average molecular weight is 459 g/mol. The van der Waals surface area contributed by atoms with Crippen LogP contribution in [0.2, 0.25) is 0 Å². The lowest BCUT2D eigenvalue weighted by atomic mass is 9.89. The first-order valence-corrected chi connectivity index (χ1v) is 12.9. The maximum Gasteiger partial charge on any atom is 0.232 e. The minimum Gasteiger partial charge on any atom is -0.454 e. The Morgan fingerprint density at radius 2 is 1.81 bits per heavy atom. The lowest BCUT2D eigenvalue weighted by Gasteiger charge is -2.23. The summed E-state index contributed by atoms with van der Waals surface area (Å²) in [6, 6.07) is 11.4. The topological polar surface area (TPSA) is 84.9 Å². The van der Waals surface area contributed by atoms with Crippen molar-refractivity contribution in [1.29, 1.82) is 0 Å². The standard InChI is InChI=1S/C24H30N2O5S/c1-17(19-10-9-18-6-3-4-7-20(18)14-19)25-24(27)8-5-13-26(32(2,28)29)21-11-12-22-23(15-21)31-16-30-22/h9-12,14-15,17H,3-8,13,16H2,1-2H3,(H,25,27)/t17-/m1/s1. The normalized spacial score (nSPS) is 15.7. The lowest BCUT2D eigenvalue weighted by Crippen LogP contribution is -2.32. The second-order valence-electron chi connectivity index (χ2n) is 8.50. The molecule has 1 atom stereocenters. The number of carbonyl (C=O) groups is 1. The van der Waals surface area contributed by atoms with E-state index in [0.717, 1.165) is 24.7 Å². The van der Waals surface area contributed by atoms with Gasteiger partial charge in [-0.2, -0.15) is 0 Å². The molecule has 2 aliphatic rings. The van der Waals surface area contributed by atoms with Crippen LogP contribution >= 0.6 is 0 Å². The molecule has 0 saturated carbocycles. The largest absolute Gasteiger partial charge is 0.454 e. The van der Waals surface area contributed by atoms with Gasteiger partial charge in [-0.3, -0.25) is 9.10 Å². The summed E-state index contributed by atoms with van der Waals surface area (Å²) < 4.78 is 36.6. The summed E-state index contributed by atoms with van der Waals surface area (Å²) >= 11 is 0. The number of amides is 1. The molecule has 1 amide bonds. The molecule has 0 bridgehead atoms. The first-order valence-electron chi connectivity index (χ1n) is 11.1.